The standard InChI is InChI=1S/C17H29N3O3S/c1-4-14(5-2)19-24(21,22)16-9-10-17(18-12-16)20-11-7-8-15(13-20)23-6-3/h9-10,12,14-15,19H,4-8,11,13H2,1-3H3. The molecule has 0 bridgehead atoms. The Morgan fingerprint density at radius 1 is 1.33 bits per heavy atom. The van der Waals surface area contributed by atoms with Crippen LogP contribution in [0.25, 0.3) is 0 Å². The fourth-order valence-electron chi connectivity index (χ4n) is 2.98. The molecule has 0 saturated carbocycles. The van der Waals surface area contributed by atoms with Crippen LogP contribution in [-0.4, -0.2) is 45.2 Å². The molecule has 7 heteroatoms. The van der Waals surface area contributed by atoms with Crippen molar-refractivity contribution in [3.05, 3.63) is 18.3 Å². The average molecular weight is 356 g/mol. The zero-order valence-electron chi connectivity index (χ0n) is 14.9. The normalized spacial score (nSPS) is 19.0. The second kappa shape index (κ2) is 8.78. The third-order valence-corrected chi connectivity index (χ3v) is 5.95. The van der Waals surface area contributed by atoms with Crippen molar-refractivity contribution in [2.24, 2.45) is 0 Å². The van der Waals surface area contributed by atoms with Gasteiger partial charge in [0, 0.05) is 31.9 Å². The highest BCUT2D eigenvalue weighted by Crippen LogP contribution is 2.21. The fraction of sp³-hybridized carbons (Fsp3) is 0.706. The third-order valence-electron chi connectivity index (χ3n) is 4.44. The number of piperidine rings is 1. The van der Waals surface area contributed by atoms with Gasteiger partial charge in [-0.1, -0.05) is 13.8 Å². The minimum Gasteiger partial charge on any atom is -0.377 e. The van der Waals surface area contributed by atoms with E-state index in [9.17, 15) is 8.42 Å². The number of hydrogen-bond acceptors (Lipinski definition) is 5. The first-order chi connectivity index (χ1) is 11.5. The lowest BCUT2D eigenvalue weighted by Gasteiger charge is -2.33. The Balaban J connectivity index is 2.07. The van der Waals surface area contributed by atoms with Gasteiger partial charge in [-0.05, 0) is 44.7 Å². The number of hydrogen-bond donors (Lipinski definition) is 1. The van der Waals surface area contributed by atoms with Crippen LogP contribution in [0.5, 0.6) is 0 Å². The molecule has 1 aromatic rings. The summed E-state index contributed by atoms with van der Waals surface area (Å²) in [6, 6.07) is 3.39. The van der Waals surface area contributed by atoms with E-state index < -0.39 is 10.0 Å². The molecule has 0 aromatic carbocycles. The van der Waals surface area contributed by atoms with E-state index in [0.717, 1.165) is 44.6 Å². The highest BCUT2D eigenvalue weighted by atomic mass is 32.2. The van der Waals surface area contributed by atoms with E-state index in [2.05, 4.69) is 14.6 Å². The van der Waals surface area contributed by atoms with Crippen LogP contribution in [-0.2, 0) is 14.8 Å². The summed E-state index contributed by atoms with van der Waals surface area (Å²) in [6.07, 6.45) is 5.34. The largest absolute Gasteiger partial charge is 0.377 e. The van der Waals surface area contributed by atoms with Gasteiger partial charge in [-0.15, -0.1) is 0 Å². The first-order valence-corrected chi connectivity index (χ1v) is 10.3. The molecule has 1 aromatic heterocycles. The number of nitrogens with one attached hydrogen (secondary N) is 1. The number of ether oxygens (including phenoxy) is 1. The molecule has 1 aliphatic heterocycles. The zero-order valence-corrected chi connectivity index (χ0v) is 15.7. The van der Waals surface area contributed by atoms with Gasteiger partial charge >= 0.3 is 0 Å². The van der Waals surface area contributed by atoms with Crippen LogP contribution < -0.4 is 9.62 Å². The molecule has 136 valence electrons. The molecule has 1 N–H and O–H groups in total. The number of rotatable bonds is 8. The summed E-state index contributed by atoms with van der Waals surface area (Å²) in [4.78, 5) is 6.75. The Bertz CT molecular complexity index is 598. The van der Waals surface area contributed by atoms with Gasteiger partial charge < -0.3 is 9.64 Å². The Morgan fingerprint density at radius 3 is 2.67 bits per heavy atom. The Kier molecular flexibility index (Phi) is 7.01. The maximum atomic E-state index is 12.4. The van der Waals surface area contributed by atoms with Crippen molar-refractivity contribution >= 4 is 15.8 Å². The summed E-state index contributed by atoms with van der Waals surface area (Å²) in [6.45, 7) is 8.40. The molecule has 1 aliphatic rings. The minimum absolute atomic E-state index is 0.0382. The van der Waals surface area contributed by atoms with Gasteiger partial charge in [0.1, 0.15) is 10.7 Å². The van der Waals surface area contributed by atoms with Gasteiger partial charge in [0.2, 0.25) is 10.0 Å². The van der Waals surface area contributed by atoms with Crippen molar-refractivity contribution < 1.29 is 13.2 Å². The monoisotopic (exact) mass is 355 g/mol. The molecular weight excluding hydrogens is 326 g/mol. The smallest absolute Gasteiger partial charge is 0.242 e. The van der Waals surface area contributed by atoms with E-state index >= 15 is 0 Å². The number of sulfonamides is 1. The first kappa shape index (κ1) is 19.1. The van der Waals surface area contributed by atoms with E-state index in [4.69, 9.17) is 4.74 Å². The van der Waals surface area contributed by atoms with Crippen LogP contribution in [0.4, 0.5) is 5.82 Å². The Hall–Kier alpha value is -1.18. The van der Waals surface area contributed by atoms with Gasteiger partial charge in [-0.3, -0.25) is 0 Å². The SMILES string of the molecule is CCOC1CCCN(c2ccc(S(=O)(=O)NC(CC)CC)cn2)C1. The number of anilines is 1. The molecule has 1 unspecified atom stereocenters. The third kappa shape index (κ3) is 4.91. The van der Waals surface area contributed by atoms with E-state index in [-0.39, 0.29) is 17.0 Å². The lowest BCUT2D eigenvalue weighted by Crippen LogP contribution is -2.40. The van der Waals surface area contributed by atoms with E-state index in [1.165, 1.54) is 6.20 Å². The molecule has 24 heavy (non-hydrogen) atoms. The van der Waals surface area contributed by atoms with Crippen LogP contribution in [0.1, 0.15) is 46.5 Å². The first-order valence-electron chi connectivity index (χ1n) is 8.85. The summed E-state index contributed by atoms with van der Waals surface area (Å²) in [5, 5.41) is 0. The van der Waals surface area contributed by atoms with Crippen molar-refractivity contribution in [2.45, 2.75) is 63.5 Å². The molecule has 1 saturated heterocycles. The second-order valence-electron chi connectivity index (χ2n) is 6.15. The van der Waals surface area contributed by atoms with Gasteiger partial charge in [-0.2, -0.15) is 0 Å². The summed E-state index contributed by atoms with van der Waals surface area (Å²) in [5.74, 6) is 0.806. The molecule has 0 spiro atoms. The topological polar surface area (TPSA) is 71.5 Å². The number of aromatic nitrogens is 1. The van der Waals surface area contributed by atoms with Gasteiger partial charge in [0.05, 0.1) is 6.10 Å². The Morgan fingerprint density at radius 2 is 2.08 bits per heavy atom. The summed E-state index contributed by atoms with van der Waals surface area (Å²) in [5.41, 5.74) is 0. The van der Waals surface area contributed by atoms with Crippen LogP contribution in [0.2, 0.25) is 0 Å². The van der Waals surface area contributed by atoms with E-state index in [1.807, 2.05) is 20.8 Å². The molecule has 0 amide bonds. The van der Waals surface area contributed by atoms with Crippen molar-refractivity contribution in [1.82, 2.24) is 9.71 Å². The maximum Gasteiger partial charge on any atom is 0.242 e. The average Bonchev–Trinajstić information content (AvgIpc) is 2.60. The van der Waals surface area contributed by atoms with Crippen LogP contribution in [0, 0.1) is 0 Å². The molecule has 0 radical (unpaired) electrons. The summed E-state index contributed by atoms with van der Waals surface area (Å²) in [7, 11) is -3.51. The van der Waals surface area contributed by atoms with E-state index in [0.29, 0.717) is 6.61 Å². The highest BCUT2D eigenvalue weighted by molar-refractivity contribution is 7.89. The van der Waals surface area contributed by atoms with Crippen LogP contribution in [0.3, 0.4) is 0 Å². The molecule has 0 aliphatic carbocycles. The quantitative estimate of drug-likeness (QED) is 0.776. The highest BCUT2D eigenvalue weighted by Gasteiger charge is 2.22. The van der Waals surface area contributed by atoms with Gasteiger partial charge in [-0.25, -0.2) is 18.1 Å². The molecule has 1 atom stereocenters. The predicted octanol–water partition coefficient (Wildman–Crippen LogP) is 2.55. The molecule has 6 nitrogen and oxygen atoms in total. The predicted molar refractivity (Wildman–Crippen MR) is 95.8 cm³/mol. The van der Waals surface area contributed by atoms with E-state index in [1.54, 1.807) is 12.1 Å². The van der Waals surface area contributed by atoms with Crippen LogP contribution in [0.15, 0.2) is 23.2 Å². The minimum atomic E-state index is -3.51. The van der Waals surface area contributed by atoms with Crippen molar-refractivity contribution in [3.63, 3.8) is 0 Å². The second-order valence-corrected chi connectivity index (χ2v) is 7.87. The fourth-order valence-corrected chi connectivity index (χ4v) is 4.33. The zero-order chi connectivity index (χ0) is 17.6. The molecule has 1 fully saturated rings. The molecular formula is C17H29N3O3S. The number of pyridine rings is 1. The summed E-state index contributed by atoms with van der Waals surface area (Å²) < 4.78 is 33.2. The lowest BCUT2D eigenvalue weighted by atomic mass is 10.1. The van der Waals surface area contributed by atoms with Crippen molar-refractivity contribution in [2.75, 3.05) is 24.6 Å². The Labute approximate surface area is 145 Å². The molecule has 2 heterocycles. The maximum absolute atomic E-state index is 12.4. The van der Waals surface area contributed by atoms with Gasteiger partial charge in [0.15, 0.2) is 0 Å². The van der Waals surface area contributed by atoms with Crippen LogP contribution >= 0.6 is 0 Å². The summed E-state index contributed by atoms with van der Waals surface area (Å²) >= 11 is 0. The lowest BCUT2D eigenvalue weighted by molar-refractivity contribution is 0.0525. The molecule has 2 rings (SSSR count). The van der Waals surface area contributed by atoms with Crippen molar-refractivity contribution in [3.8, 4) is 0 Å². The van der Waals surface area contributed by atoms with Crippen molar-refractivity contribution in [1.29, 1.82) is 0 Å². The number of nitrogens with zero attached hydrogens (tertiary/aromatic N) is 2. The van der Waals surface area contributed by atoms with Gasteiger partial charge in [0.25, 0.3) is 0 Å².